The molecule has 1 aliphatic rings. The third-order valence-corrected chi connectivity index (χ3v) is 7.26. The highest BCUT2D eigenvalue weighted by Crippen LogP contribution is 2.42. The zero-order chi connectivity index (χ0) is 29.0. The van der Waals surface area contributed by atoms with Crippen molar-refractivity contribution >= 4 is 16.9 Å². The molecular formula is C33H46O7. The molecule has 2 N–H and O–H groups in total. The van der Waals surface area contributed by atoms with E-state index in [0.29, 0.717) is 17.7 Å². The van der Waals surface area contributed by atoms with Gasteiger partial charge >= 0.3 is 5.97 Å². The number of phenolic OH excluding ortho intramolecular Hbond substituents is 1. The van der Waals surface area contributed by atoms with Gasteiger partial charge in [-0.25, -0.2) is 0 Å². The predicted molar refractivity (Wildman–Crippen MR) is 158 cm³/mol. The van der Waals surface area contributed by atoms with Crippen LogP contribution in [0.1, 0.15) is 109 Å². The molecule has 1 aromatic carbocycles. The molecule has 0 bridgehead atoms. The van der Waals surface area contributed by atoms with Crippen molar-refractivity contribution in [3.05, 3.63) is 58.0 Å². The van der Waals surface area contributed by atoms with Crippen LogP contribution in [0.15, 0.2) is 45.6 Å². The lowest BCUT2D eigenvalue weighted by atomic mass is 9.96. The van der Waals surface area contributed by atoms with Crippen LogP contribution < -0.4 is 10.2 Å². The van der Waals surface area contributed by atoms with Crippen LogP contribution >= 0.6 is 0 Å². The minimum Gasteiger partial charge on any atom is -0.507 e. The number of aliphatic hydroxyl groups is 1. The van der Waals surface area contributed by atoms with Gasteiger partial charge in [-0.3, -0.25) is 9.59 Å². The number of hydrogen-bond donors (Lipinski definition) is 2. The summed E-state index contributed by atoms with van der Waals surface area (Å²) in [4.78, 5) is 24.9. The summed E-state index contributed by atoms with van der Waals surface area (Å²) in [5.74, 6) is 0.0394. The van der Waals surface area contributed by atoms with Crippen molar-refractivity contribution < 1.29 is 28.9 Å². The monoisotopic (exact) mass is 554 g/mol. The number of fused-ring (bicyclic) bond motifs is 2. The van der Waals surface area contributed by atoms with Crippen LogP contribution in [0.2, 0.25) is 0 Å². The lowest BCUT2D eigenvalue weighted by Gasteiger charge is -2.24. The molecule has 220 valence electrons. The molecule has 1 aromatic heterocycles. The van der Waals surface area contributed by atoms with Crippen molar-refractivity contribution in [2.75, 3.05) is 0 Å². The molecule has 40 heavy (non-hydrogen) atoms. The summed E-state index contributed by atoms with van der Waals surface area (Å²) in [5, 5.41) is 21.0. The van der Waals surface area contributed by atoms with E-state index in [0.717, 1.165) is 44.9 Å². The van der Waals surface area contributed by atoms with Gasteiger partial charge in [0.05, 0.1) is 5.60 Å². The Morgan fingerprint density at radius 3 is 2.40 bits per heavy atom. The standard InChI is InChI=1S/C33H46O7/c1-4-5-6-7-8-9-10-11-12-13-14-15-16-17-18-19-30(35)38-23-24-20-26(34)31-28(39-24)22-27-25(32(31)36)21-29(40-27)33(2,3)37/h8-9,11-12,20,22,29,36-37H,4-7,10,13-19,21,23H2,1-3H3/b9-8+,12-11+. The van der Waals surface area contributed by atoms with E-state index >= 15 is 0 Å². The maximum Gasteiger partial charge on any atom is 0.306 e. The molecule has 1 unspecified atom stereocenters. The number of hydrogen-bond acceptors (Lipinski definition) is 7. The van der Waals surface area contributed by atoms with E-state index in [1.54, 1.807) is 19.9 Å². The molecule has 0 radical (unpaired) electrons. The Labute approximate surface area is 237 Å². The molecule has 0 spiro atoms. The molecular weight excluding hydrogens is 508 g/mol. The number of phenols is 1. The van der Waals surface area contributed by atoms with E-state index in [4.69, 9.17) is 13.9 Å². The number of unbranched alkanes of at least 4 members (excludes halogenated alkanes) is 8. The van der Waals surface area contributed by atoms with Crippen LogP contribution in [0.3, 0.4) is 0 Å². The minimum absolute atomic E-state index is 0.0546. The van der Waals surface area contributed by atoms with Crippen LogP contribution in [-0.4, -0.2) is 27.9 Å². The van der Waals surface area contributed by atoms with Crippen LogP contribution in [0.5, 0.6) is 11.5 Å². The van der Waals surface area contributed by atoms with E-state index in [9.17, 15) is 19.8 Å². The van der Waals surface area contributed by atoms with Gasteiger partial charge in [0.2, 0.25) is 0 Å². The van der Waals surface area contributed by atoms with Gasteiger partial charge in [-0.15, -0.1) is 0 Å². The van der Waals surface area contributed by atoms with Crippen LogP contribution in [-0.2, 0) is 22.6 Å². The normalized spacial score (nSPS) is 15.2. The molecule has 0 amide bonds. The van der Waals surface area contributed by atoms with Crippen molar-refractivity contribution in [1.29, 1.82) is 0 Å². The van der Waals surface area contributed by atoms with Gasteiger partial charge in [0, 0.05) is 30.5 Å². The number of rotatable bonds is 17. The zero-order valence-electron chi connectivity index (χ0n) is 24.4. The smallest absolute Gasteiger partial charge is 0.306 e. The molecule has 0 saturated heterocycles. The molecule has 2 aromatic rings. The molecule has 1 atom stereocenters. The summed E-state index contributed by atoms with van der Waals surface area (Å²) in [6, 6.07) is 2.79. The van der Waals surface area contributed by atoms with E-state index in [2.05, 4.69) is 31.2 Å². The number of aromatic hydroxyl groups is 1. The number of esters is 1. The second-order valence-corrected chi connectivity index (χ2v) is 11.3. The fraction of sp³-hybridized carbons (Fsp3) is 0.576. The van der Waals surface area contributed by atoms with Gasteiger partial charge < -0.3 is 24.1 Å². The highest BCUT2D eigenvalue weighted by atomic mass is 16.5. The van der Waals surface area contributed by atoms with Gasteiger partial charge in [0.15, 0.2) is 5.43 Å². The van der Waals surface area contributed by atoms with Gasteiger partial charge in [-0.05, 0) is 52.4 Å². The minimum atomic E-state index is -1.11. The molecule has 0 saturated carbocycles. The van der Waals surface area contributed by atoms with Crippen LogP contribution in [0, 0.1) is 0 Å². The lowest BCUT2D eigenvalue weighted by Crippen LogP contribution is -2.39. The highest BCUT2D eigenvalue weighted by Gasteiger charge is 2.37. The maximum atomic E-state index is 12.7. The third kappa shape index (κ3) is 9.54. The fourth-order valence-electron chi connectivity index (χ4n) is 4.82. The van der Waals surface area contributed by atoms with Gasteiger partial charge in [0.1, 0.15) is 40.9 Å². The number of allylic oxidation sites excluding steroid dienone is 4. The largest absolute Gasteiger partial charge is 0.507 e. The molecule has 7 heteroatoms. The molecule has 0 fully saturated rings. The Kier molecular flexibility index (Phi) is 12.3. The topological polar surface area (TPSA) is 106 Å². The molecule has 2 heterocycles. The van der Waals surface area contributed by atoms with Crippen molar-refractivity contribution in [3.8, 4) is 11.5 Å². The molecule has 1 aliphatic heterocycles. The van der Waals surface area contributed by atoms with Crippen molar-refractivity contribution in [3.63, 3.8) is 0 Å². The van der Waals surface area contributed by atoms with Crippen molar-refractivity contribution in [2.45, 2.75) is 123 Å². The Hall–Kier alpha value is -3.06. The van der Waals surface area contributed by atoms with E-state index in [1.807, 2.05) is 0 Å². The summed E-state index contributed by atoms with van der Waals surface area (Å²) in [7, 11) is 0. The second-order valence-electron chi connectivity index (χ2n) is 11.3. The lowest BCUT2D eigenvalue weighted by molar-refractivity contribution is -0.145. The Morgan fingerprint density at radius 1 is 1.02 bits per heavy atom. The Balaban J connectivity index is 1.34. The van der Waals surface area contributed by atoms with Gasteiger partial charge in [-0.1, -0.05) is 63.3 Å². The van der Waals surface area contributed by atoms with Crippen LogP contribution in [0.4, 0.5) is 0 Å². The number of carbonyl (C=O) groups is 1. The summed E-state index contributed by atoms with van der Waals surface area (Å²) >= 11 is 0. The zero-order valence-corrected chi connectivity index (χ0v) is 24.4. The second kappa shape index (κ2) is 15.7. The summed E-state index contributed by atoms with van der Waals surface area (Å²) < 4.78 is 16.9. The molecule has 3 rings (SSSR count). The quantitative estimate of drug-likeness (QED) is 0.119. The Bertz CT molecular complexity index is 1220. The number of carbonyl (C=O) groups excluding carboxylic acids is 1. The first-order valence-electron chi connectivity index (χ1n) is 14.9. The predicted octanol–water partition coefficient (Wildman–Crippen LogP) is 7.43. The summed E-state index contributed by atoms with van der Waals surface area (Å²) in [6.07, 6.45) is 21.4. The summed E-state index contributed by atoms with van der Waals surface area (Å²) in [6.45, 7) is 5.33. The van der Waals surface area contributed by atoms with E-state index in [1.165, 1.54) is 31.7 Å². The number of benzene rings is 1. The summed E-state index contributed by atoms with van der Waals surface area (Å²) in [5.41, 5.74) is -0.910. The van der Waals surface area contributed by atoms with Crippen LogP contribution in [0.25, 0.3) is 11.0 Å². The SMILES string of the molecule is CCCCC/C=C/C/C=C/CCCCCCCC(=O)OCc1cc(=O)c2c(O)c3c(cc2o1)OC(C(C)(C)O)C3. The van der Waals surface area contributed by atoms with Crippen molar-refractivity contribution in [2.24, 2.45) is 0 Å². The van der Waals surface area contributed by atoms with Crippen molar-refractivity contribution in [1.82, 2.24) is 0 Å². The van der Waals surface area contributed by atoms with Gasteiger partial charge in [0.25, 0.3) is 0 Å². The average Bonchev–Trinajstić information content (AvgIpc) is 3.35. The first-order valence-corrected chi connectivity index (χ1v) is 14.9. The number of ether oxygens (including phenoxy) is 2. The fourth-order valence-corrected chi connectivity index (χ4v) is 4.82. The van der Waals surface area contributed by atoms with E-state index < -0.39 is 17.1 Å². The first-order chi connectivity index (χ1) is 19.2. The van der Waals surface area contributed by atoms with E-state index in [-0.39, 0.29) is 41.5 Å². The first kappa shape index (κ1) is 31.5. The highest BCUT2D eigenvalue weighted by molar-refractivity contribution is 5.87. The molecule has 7 nitrogen and oxygen atoms in total. The molecule has 0 aliphatic carbocycles. The average molecular weight is 555 g/mol. The Morgan fingerprint density at radius 2 is 1.70 bits per heavy atom. The van der Waals surface area contributed by atoms with Gasteiger partial charge in [-0.2, -0.15) is 0 Å². The maximum absolute atomic E-state index is 12.7. The third-order valence-electron chi connectivity index (χ3n) is 7.26.